The van der Waals surface area contributed by atoms with E-state index >= 15 is 0 Å². The van der Waals surface area contributed by atoms with E-state index in [9.17, 15) is 13.2 Å². The van der Waals surface area contributed by atoms with Crippen molar-refractivity contribution in [3.05, 3.63) is 29.3 Å². The highest BCUT2D eigenvalue weighted by Gasteiger charge is 2.36. The fourth-order valence-electron chi connectivity index (χ4n) is 2.18. The Morgan fingerprint density at radius 1 is 1.35 bits per heavy atom. The van der Waals surface area contributed by atoms with E-state index in [2.05, 4.69) is 20.9 Å². The lowest BCUT2D eigenvalue weighted by Crippen LogP contribution is -2.24. The lowest BCUT2D eigenvalue weighted by Gasteiger charge is -2.28. The van der Waals surface area contributed by atoms with E-state index in [4.69, 9.17) is 0 Å². The molecule has 0 radical (unpaired) electrons. The molecule has 1 aliphatic carbocycles. The van der Waals surface area contributed by atoms with E-state index in [1.54, 1.807) is 6.20 Å². The number of hydrogen-bond donors (Lipinski definition) is 0. The van der Waals surface area contributed by atoms with Gasteiger partial charge < -0.3 is 0 Å². The Balaban J connectivity index is 2.13. The van der Waals surface area contributed by atoms with Crippen molar-refractivity contribution in [3.8, 4) is 0 Å². The first-order valence-electron chi connectivity index (χ1n) is 5.60. The number of alkyl halides is 3. The molecule has 94 valence electrons. The topological polar surface area (TPSA) is 12.9 Å². The Morgan fingerprint density at radius 3 is 2.53 bits per heavy atom. The van der Waals surface area contributed by atoms with Gasteiger partial charge in [0.05, 0.1) is 5.69 Å². The van der Waals surface area contributed by atoms with Gasteiger partial charge >= 0.3 is 0 Å². The summed E-state index contributed by atoms with van der Waals surface area (Å²) in [7, 11) is 0. The van der Waals surface area contributed by atoms with Gasteiger partial charge in [0.15, 0.2) is 0 Å². The van der Waals surface area contributed by atoms with Crippen LogP contribution in [0.25, 0.3) is 0 Å². The van der Waals surface area contributed by atoms with Crippen LogP contribution in [-0.2, 0) is 5.33 Å². The maximum absolute atomic E-state index is 13.7. The van der Waals surface area contributed by atoms with Crippen LogP contribution in [-0.4, -0.2) is 10.9 Å². The second kappa shape index (κ2) is 4.96. The molecule has 1 aromatic rings. The first kappa shape index (κ1) is 12.9. The second-order valence-corrected chi connectivity index (χ2v) is 5.04. The number of rotatable bonds is 2. The summed E-state index contributed by atoms with van der Waals surface area (Å²) < 4.78 is 39.7. The maximum Gasteiger partial charge on any atom is 0.248 e. The third-order valence-electron chi connectivity index (χ3n) is 3.18. The molecule has 0 saturated heterocycles. The van der Waals surface area contributed by atoms with Gasteiger partial charge in [0.25, 0.3) is 0 Å². The van der Waals surface area contributed by atoms with E-state index in [0.717, 1.165) is 5.56 Å². The molecule has 1 heterocycles. The van der Waals surface area contributed by atoms with Gasteiger partial charge in [-0.3, -0.25) is 4.98 Å². The molecule has 0 atom stereocenters. The van der Waals surface area contributed by atoms with Crippen LogP contribution in [0, 0.1) is 5.82 Å². The molecule has 17 heavy (non-hydrogen) atoms. The molecule has 1 aromatic heterocycles. The van der Waals surface area contributed by atoms with Crippen molar-refractivity contribution < 1.29 is 13.2 Å². The molecule has 0 aliphatic heterocycles. The zero-order chi connectivity index (χ0) is 12.5. The molecule has 0 unspecified atom stereocenters. The zero-order valence-electron chi connectivity index (χ0n) is 9.23. The molecule has 1 saturated carbocycles. The molecule has 1 fully saturated rings. The van der Waals surface area contributed by atoms with E-state index in [0.29, 0.717) is 23.9 Å². The Bertz CT molecular complexity index is 399. The summed E-state index contributed by atoms with van der Waals surface area (Å²) in [6.45, 7) is 0. The summed E-state index contributed by atoms with van der Waals surface area (Å²) in [6.07, 6.45) is 1.88. The highest BCUT2D eigenvalue weighted by Crippen LogP contribution is 2.40. The summed E-state index contributed by atoms with van der Waals surface area (Å²) in [4.78, 5) is 4.07. The van der Waals surface area contributed by atoms with E-state index in [-0.39, 0.29) is 24.6 Å². The third-order valence-corrected chi connectivity index (χ3v) is 3.83. The summed E-state index contributed by atoms with van der Waals surface area (Å²) >= 11 is 3.22. The van der Waals surface area contributed by atoms with Crippen molar-refractivity contribution in [3.63, 3.8) is 0 Å². The number of pyridine rings is 1. The van der Waals surface area contributed by atoms with Gasteiger partial charge in [-0.15, -0.1) is 0 Å². The van der Waals surface area contributed by atoms with Crippen LogP contribution in [0.1, 0.15) is 42.9 Å². The SMILES string of the molecule is Fc1cc(CBr)cnc1C1CCC(F)(F)CC1. The summed E-state index contributed by atoms with van der Waals surface area (Å²) in [5.41, 5.74) is 1.09. The predicted molar refractivity (Wildman–Crippen MR) is 63.0 cm³/mol. The monoisotopic (exact) mass is 307 g/mol. The van der Waals surface area contributed by atoms with Crippen LogP contribution in [0.15, 0.2) is 12.3 Å². The van der Waals surface area contributed by atoms with Crippen LogP contribution in [0.2, 0.25) is 0 Å². The van der Waals surface area contributed by atoms with Gasteiger partial charge in [0, 0.05) is 30.3 Å². The average Bonchev–Trinajstić information content (AvgIpc) is 2.29. The van der Waals surface area contributed by atoms with Gasteiger partial charge in [-0.1, -0.05) is 15.9 Å². The molecule has 2 rings (SSSR count). The molecule has 5 heteroatoms. The summed E-state index contributed by atoms with van der Waals surface area (Å²) in [5.74, 6) is -3.13. The molecule has 0 amide bonds. The van der Waals surface area contributed by atoms with Crippen molar-refractivity contribution in [1.29, 1.82) is 0 Å². The van der Waals surface area contributed by atoms with Crippen molar-refractivity contribution in [2.45, 2.75) is 42.9 Å². The molecule has 0 aromatic carbocycles. The van der Waals surface area contributed by atoms with E-state index < -0.39 is 5.92 Å². The predicted octanol–water partition coefficient (Wildman–Crippen LogP) is 4.41. The smallest absolute Gasteiger partial charge is 0.248 e. The second-order valence-electron chi connectivity index (χ2n) is 4.47. The Morgan fingerprint density at radius 2 is 2.00 bits per heavy atom. The lowest BCUT2D eigenvalue weighted by molar-refractivity contribution is -0.0387. The highest BCUT2D eigenvalue weighted by molar-refractivity contribution is 9.08. The van der Waals surface area contributed by atoms with Gasteiger partial charge in [-0.2, -0.15) is 0 Å². The van der Waals surface area contributed by atoms with Crippen molar-refractivity contribution in [2.24, 2.45) is 0 Å². The fraction of sp³-hybridized carbons (Fsp3) is 0.583. The Labute approximate surface area is 107 Å². The number of halogens is 4. The van der Waals surface area contributed by atoms with E-state index in [1.165, 1.54) is 6.07 Å². The molecule has 0 N–H and O–H groups in total. The molecule has 1 aliphatic rings. The molecule has 0 bridgehead atoms. The first-order valence-corrected chi connectivity index (χ1v) is 6.72. The minimum absolute atomic E-state index is 0.168. The third kappa shape index (κ3) is 3.00. The van der Waals surface area contributed by atoms with Crippen molar-refractivity contribution in [2.75, 3.05) is 0 Å². The summed E-state index contributed by atoms with van der Waals surface area (Å²) in [6, 6.07) is 1.42. The number of hydrogen-bond acceptors (Lipinski definition) is 1. The minimum atomic E-state index is -2.58. The van der Waals surface area contributed by atoms with Crippen molar-refractivity contribution in [1.82, 2.24) is 4.98 Å². The van der Waals surface area contributed by atoms with Crippen LogP contribution in [0.3, 0.4) is 0 Å². The molecule has 0 spiro atoms. The highest BCUT2D eigenvalue weighted by atomic mass is 79.9. The molecular weight excluding hydrogens is 295 g/mol. The maximum atomic E-state index is 13.7. The molecule has 1 nitrogen and oxygen atoms in total. The lowest BCUT2D eigenvalue weighted by atomic mass is 9.84. The van der Waals surface area contributed by atoms with Gasteiger partial charge in [-0.05, 0) is 24.5 Å². The van der Waals surface area contributed by atoms with Gasteiger partial charge in [-0.25, -0.2) is 13.2 Å². The number of nitrogens with zero attached hydrogens (tertiary/aromatic N) is 1. The Kier molecular flexibility index (Phi) is 3.76. The van der Waals surface area contributed by atoms with E-state index in [1.807, 2.05) is 0 Å². The van der Waals surface area contributed by atoms with Gasteiger partial charge in [0.2, 0.25) is 5.92 Å². The minimum Gasteiger partial charge on any atom is -0.258 e. The Hall–Kier alpha value is -0.580. The molecular formula is C12H13BrF3N. The first-order chi connectivity index (χ1) is 8.02. The van der Waals surface area contributed by atoms with Crippen molar-refractivity contribution >= 4 is 15.9 Å². The van der Waals surface area contributed by atoms with Crippen LogP contribution >= 0.6 is 15.9 Å². The standard InChI is InChI=1S/C12H13BrF3N/c13-6-8-5-10(14)11(17-7-8)9-1-3-12(15,16)4-2-9/h5,7,9H,1-4,6H2. The largest absolute Gasteiger partial charge is 0.258 e. The van der Waals surface area contributed by atoms with Crippen LogP contribution in [0.4, 0.5) is 13.2 Å². The van der Waals surface area contributed by atoms with Gasteiger partial charge in [0.1, 0.15) is 5.82 Å². The quantitative estimate of drug-likeness (QED) is 0.738. The van der Waals surface area contributed by atoms with Crippen LogP contribution < -0.4 is 0 Å². The average molecular weight is 308 g/mol. The summed E-state index contributed by atoms with van der Waals surface area (Å²) in [5, 5.41) is 0.542. The number of aromatic nitrogens is 1. The zero-order valence-corrected chi connectivity index (χ0v) is 10.8. The normalized spacial score (nSPS) is 20.5. The fourth-order valence-corrected chi connectivity index (χ4v) is 2.48. The van der Waals surface area contributed by atoms with Crippen LogP contribution in [0.5, 0.6) is 0 Å².